The zero-order valence-electron chi connectivity index (χ0n) is 18.2. The van der Waals surface area contributed by atoms with Crippen LogP contribution in [0.5, 0.6) is 0 Å². The quantitative estimate of drug-likeness (QED) is 0.612. The summed E-state index contributed by atoms with van der Waals surface area (Å²) in [5.74, 6) is 1.29. The number of benzene rings is 1. The molecule has 2 aromatic heterocycles. The summed E-state index contributed by atoms with van der Waals surface area (Å²) < 4.78 is 2.15. The smallest absolute Gasteiger partial charge is 0.165 e. The first-order chi connectivity index (χ1) is 14.6. The van der Waals surface area contributed by atoms with Crippen LogP contribution in [0.25, 0.3) is 16.8 Å². The average Bonchev–Trinajstić information content (AvgIpc) is 3.08. The van der Waals surface area contributed by atoms with E-state index in [1.807, 2.05) is 0 Å². The van der Waals surface area contributed by atoms with E-state index in [1.165, 1.54) is 46.6 Å². The number of fused-ring (bicyclic) bond motifs is 2. The maximum absolute atomic E-state index is 5.17. The highest BCUT2D eigenvalue weighted by Gasteiger charge is 2.28. The molecule has 2 aliphatic rings. The first kappa shape index (κ1) is 19.3. The highest BCUT2D eigenvalue weighted by atomic mass is 15.4. The van der Waals surface area contributed by atoms with Crippen molar-refractivity contribution in [1.29, 1.82) is 0 Å². The lowest BCUT2D eigenvalue weighted by molar-refractivity contribution is 0.277. The number of hydrogen-bond acceptors (Lipinski definition) is 4. The third-order valence-corrected chi connectivity index (χ3v) is 6.41. The summed E-state index contributed by atoms with van der Waals surface area (Å²) in [7, 11) is 0. The van der Waals surface area contributed by atoms with Gasteiger partial charge in [0.1, 0.15) is 5.82 Å². The van der Waals surface area contributed by atoms with Gasteiger partial charge in [-0.25, -0.2) is 4.98 Å². The van der Waals surface area contributed by atoms with Crippen LogP contribution in [-0.4, -0.2) is 52.2 Å². The maximum atomic E-state index is 5.17. The molecule has 0 N–H and O–H groups in total. The van der Waals surface area contributed by atoms with E-state index in [2.05, 4.69) is 65.1 Å². The van der Waals surface area contributed by atoms with Gasteiger partial charge in [-0.3, -0.25) is 4.90 Å². The Morgan fingerprint density at radius 3 is 2.50 bits per heavy atom. The normalized spacial score (nSPS) is 17.3. The molecule has 1 fully saturated rings. The van der Waals surface area contributed by atoms with Gasteiger partial charge in [0.15, 0.2) is 5.65 Å². The molecule has 0 atom stereocenters. The zero-order chi connectivity index (χ0) is 20.7. The third-order valence-electron chi connectivity index (χ3n) is 6.41. The summed E-state index contributed by atoms with van der Waals surface area (Å²) in [4.78, 5) is 10.2. The lowest BCUT2D eigenvalue weighted by Crippen LogP contribution is -2.47. The molecule has 0 bridgehead atoms. The number of aromatic nitrogens is 3. The van der Waals surface area contributed by atoms with E-state index in [1.54, 1.807) is 0 Å². The van der Waals surface area contributed by atoms with E-state index in [0.29, 0.717) is 0 Å². The fraction of sp³-hybridized carbons (Fsp3) is 0.440. The number of aryl methyl sites for hydroxylation is 2. The monoisotopic (exact) mass is 401 g/mol. The van der Waals surface area contributed by atoms with Crippen molar-refractivity contribution in [1.82, 2.24) is 19.5 Å². The Labute approximate surface area is 179 Å². The van der Waals surface area contributed by atoms with E-state index >= 15 is 0 Å². The number of rotatable bonds is 4. The highest BCUT2D eigenvalue weighted by Crippen LogP contribution is 2.35. The molecule has 5 heteroatoms. The fourth-order valence-corrected chi connectivity index (χ4v) is 5.04. The zero-order valence-corrected chi connectivity index (χ0v) is 18.2. The predicted molar refractivity (Wildman–Crippen MR) is 123 cm³/mol. The minimum Gasteiger partial charge on any atom is -0.354 e. The molecule has 3 aromatic rings. The molecule has 30 heavy (non-hydrogen) atoms. The minimum atomic E-state index is 0.997. The van der Waals surface area contributed by atoms with E-state index in [9.17, 15) is 0 Å². The van der Waals surface area contributed by atoms with Gasteiger partial charge in [0.2, 0.25) is 0 Å². The minimum absolute atomic E-state index is 0.997. The Morgan fingerprint density at radius 1 is 1.03 bits per heavy atom. The average molecular weight is 402 g/mol. The lowest BCUT2D eigenvalue weighted by Gasteiger charge is -2.37. The fourth-order valence-electron chi connectivity index (χ4n) is 5.04. The van der Waals surface area contributed by atoms with Crippen molar-refractivity contribution in [2.24, 2.45) is 0 Å². The standard InChI is InChI=1S/C25H31N5/c1-18(2)17-28-13-15-29(16-14-28)25-21-11-7-8-12-22(21)26-24-23(19(3)27-30(24)25)20-9-5-4-6-10-20/h4-6,9-10H,1,7-8,11-17H2,2-3H3. The Bertz CT molecular complexity index is 1070. The van der Waals surface area contributed by atoms with Crippen molar-refractivity contribution >= 4 is 11.5 Å². The third kappa shape index (κ3) is 3.41. The first-order valence-electron chi connectivity index (χ1n) is 11.2. The Balaban J connectivity index is 1.61. The SMILES string of the molecule is C=C(C)CN1CCN(c2c3c(nc4c(-c5ccccc5)c(C)nn24)CCCC3)CC1. The Morgan fingerprint density at radius 2 is 1.77 bits per heavy atom. The van der Waals surface area contributed by atoms with Gasteiger partial charge in [-0.05, 0) is 45.1 Å². The molecular weight excluding hydrogens is 370 g/mol. The van der Waals surface area contributed by atoms with Gasteiger partial charge in [-0.2, -0.15) is 9.61 Å². The topological polar surface area (TPSA) is 36.7 Å². The summed E-state index contributed by atoms with van der Waals surface area (Å²) in [6.07, 6.45) is 4.66. The van der Waals surface area contributed by atoms with Crippen LogP contribution in [0, 0.1) is 6.92 Å². The first-order valence-corrected chi connectivity index (χ1v) is 11.2. The van der Waals surface area contributed by atoms with Crippen molar-refractivity contribution < 1.29 is 0 Å². The van der Waals surface area contributed by atoms with Crippen molar-refractivity contribution in [3.8, 4) is 11.1 Å². The van der Waals surface area contributed by atoms with Gasteiger partial charge in [0.25, 0.3) is 0 Å². The number of piperazine rings is 1. The molecule has 0 radical (unpaired) electrons. The van der Waals surface area contributed by atoms with Crippen LogP contribution >= 0.6 is 0 Å². The molecule has 0 saturated carbocycles. The van der Waals surface area contributed by atoms with Gasteiger partial charge in [-0.1, -0.05) is 42.5 Å². The molecule has 0 amide bonds. The van der Waals surface area contributed by atoms with Crippen LogP contribution in [-0.2, 0) is 12.8 Å². The van der Waals surface area contributed by atoms with Crippen LogP contribution in [0.15, 0.2) is 42.5 Å². The van der Waals surface area contributed by atoms with Gasteiger partial charge in [0.05, 0.1) is 5.69 Å². The summed E-state index contributed by atoms with van der Waals surface area (Å²) in [5.41, 5.74) is 8.38. The van der Waals surface area contributed by atoms with E-state index in [0.717, 1.165) is 56.9 Å². The van der Waals surface area contributed by atoms with E-state index < -0.39 is 0 Å². The molecule has 1 aliphatic carbocycles. The second kappa shape index (κ2) is 7.88. The molecule has 0 spiro atoms. The lowest BCUT2D eigenvalue weighted by atomic mass is 9.95. The molecule has 0 unspecified atom stereocenters. The summed E-state index contributed by atoms with van der Waals surface area (Å²) in [6.45, 7) is 13.5. The van der Waals surface area contributed by atoms with Crippen molar-refractivity contribution in [3.63, 3.8) is 0 Å². The molecule has 5 rings (SSSR count). The maximum Gasteiger partial charge on any atom is 0.165 e. The van der Waals surface area contributed by atoms with Crippen LogP contribution in [0.1, 0.15) is 36.7 Å². The van der Waals surface area contributed by atoms with Gasteiger partial charge in [-0.15, -0.1) is 0 Å². The molecule has 1 saturated heterocycles. The highest BCUT2D eigenvalue weighted by molar-refractivity contribution is 5.81. The molecule has 156 valence electrons. The molecular formula is C25H31N5. The number of hydrogen-bond donors (Lipinski definition) is 0. The van der Waals surface area contributed by atoms with E-state index in [-0.39, 0.29) is 0 Å². The molecule has 1 aliphatic heterocycles. The summed E-state index contributed by atoms with van der Waals surface area (Å²) >= 11 is 0. The summed E-state index contributed by atoms with van der Waals surface area (Å²) in [6, 6.07) is 10.6. The predicted octanol–water partition coefficient (Wildman–Crippen LogP) is 4.28. The Hall–Kier alpha value is -2.66. The van der Waals surface area contributed by atoms with Gasteiger partial charge >= 0.3 is 0 Å². The molecule has 3 heterocycles. The van der Waals surface area contributed by atoms with Gasteiger partial charge in [0, 0.05) is 49.5 Å². The van der Waals surface area contributed by atoms with Crippen molar-refractivity contribution in [2.45, 2.75) is 39.5 Å². The van der Waals surface area contributed by atoms with E-state index in [4.69, 9.17) is 10.1 Å². The molecule has 5 nitrogen and oxygen atoms in total. The second-order valence-electron chi connectivity index (χ2n) is 8.85. The largest absolute Gasteiger partial charge is 0.354 e. The van der Waals surface area contributed by atoms with Crippen LogP contribution < -0.4 is 4.90 Å². The van der Waals surface area contributed by atoms with Gasteiger partial charge < -0.3 is 4.90 Å². The van der Waals surface area contributed by atoms with Crippen molar-refractivity contribution in [2.75, 3.05) is 37.6 Å². The number of anilines is 1. The second-order valence-corrected chi connectivity index (χ2v) is 8.85. The number of nitrogens with zero attached hydrogens (tertiary/aromatic N) is 5. The van der Waals surface area contributed by atoms with Crippen LogP contribution in [0.3, 0.4) is 0 Å². The van der Waals surface area contributed by atoms with Crippen LogP contribution in [0.2, 0.25) is 0 Å². The van der Waals surface area contributed by atoms with Crippen molar-refractivity contribution in [3.05, 3.63) is 59.4 Å². The Kier molecular flexibility index (Phi) is 5.07. The molecule has 1 aromatic carbocycles. The van der Waals surface area contributed by atoms with Crippen LogP contribution in [0.4, 0.5) is 5.82 Å². The summed E-state index contributed by atoms with van der Waals surface area (Å²) in [5, 5.41) is 5.02.